The van der Waals surface area contributed by atoms with Gasteiger partial charge in [0.1, 0.15) is 11.3 Å². The number of likely N-dealkylation sites (tertiary alicyclic amines) is 1. The summed E-state index contributed by atoms with van der Waals surface area (Å²) < 4.78 is 20.7. The molecule has 0 spiro atoms. The molecule has 130 valence electrons. The summed E-state index contributed by atoms with van der Waals surface area (Å²) in [6, 6.07) is 0. The third kappa shape index (κ3) is 4.49. The Labute approximate surface area is 138 Å². The number of nitrogens with zero attached hydrogens (tertiary/aromatic N) is 1. The summed E-state index contributed by atoms with van der Waals surface area (Å²) in [7, 11) is 0. The lowest BCUT2D eigenvalue weighted by Gasteiger charge is -2.39. The zero-order valence-corrected chi connectivity index (χ0v) is 14.9. The van der Waals surface area contributed by atoms with Gasteiger partial charge in [0.15, 0.2) is 0 Å². The van der Waals surface area contributed by atoms with Gasteiger partial charge >= 0.3 is 6.09 Å². The van der Waals surface area contributed by atoms with Crippen LogP contribution in [0.2, 0.25) is 0 Å². The molecule has 1 amide bonds. The first kappa shape index (κ1) is 17.8. The fraction of sp³-hybridized carbons (Fsp3) is 0.722. The molecule has 4 nitrogen and oxygen atoms in total. The quantitative estimate of drug-likeness (QED) is 0.840. The smallest absolute Gasteiger partial charge is 0.410 e. The zero-order chi connectivity index (χ0) is 17.3. The highest BCUT2D eigenvalue weighted by Crippen LogP contribution is 2.36. The molecule has 0 radical (unpaired) electrons. The molecule has 0 atom stereocenters. The van der Waals surface area contributed by atoms with Crippen LogP contribution in [0.1, 0.15) is 47.5 Å². The minimum absolute atomic E-state index is 0.325. The standard InChI is InChI=1S/C18H29FN2O2/c1-13(2)14-10-15(12-20-11-14)18(19)6-8-21(9-7-18)16(22)23-17(3,4)5/h10-11,13,20H,6-9,12H2,1-5H3. The highest BCUT2D eigenvalue weighted by Gasteiger charge is 2.40. The van der Waals surface area contributed by atoms with Gasteiger partial charge in [0.05, 0.1) is 0 Å². The van der Waals surface area contributed by atoms with Gasteiger partial charge in [-0.15, -0.1) is 0 Å². The van der Waals surface area contributed by atoms with E-state index in [2.05, 4.69) is 19.2 Å². The topological polar surface area (TPSA) is 41.6 Å². The second-order valence-electron chi connectivity index (χ2n) is 7.78. The van der Waals surface area contributed by atoms with Crippen LogP contribution in [0.5, 0.6) is 0 Å². The molecule has 2 rings (SSSR count). The normalized spacial score (nSPS) is 21.4. The molecule has 2 heterocycles. The molecular weight excluding hydrogens is 295 g/mol. The Kier molecular flexibility index (Phi) is 5.07. The average molecular weight is 324 g/mol. The molecule has 0 unspecified atom stereocenters. The Balaban J connectivity index is 2.00. The third-order valence-electron chi connectivity index (χ3n) is 4.35. The number of dihydropyridines is 1. The Hall–Kier alpha value is -1.52. The molecule has 0 saturated carbocycles. The Bertz CT molecular complexity index is 510. The number of hydrogen-bond acceptors (Lipinski definition) is 3. The zero-order valence-electron chi connectivity index (χ0n) is 14.9. The van der Waals surface area contributed by atoms with Gasteiger partial charge in [-0.25, -0.2) is 9.18 Å². The maximum Gasteiger partial charge on any atom is 0.410 e. The van der Waals surface area contributed by atoms with Crippen molar-refractivity contribution >= 4 is 6.09 Å². The van der Waals surface area contributed by atoms with Gasteiger partial charge in [-0.05, 0) is 37.8 Å². The van der Waals surface area contributed by atoms with E-state index in [0.29, 0.717) is 38.4 Å². The third-order valence-corrected chi connectivity index (χ3v) is 4.35. The van der Waals surface area contributed by atoms with E-state index in [9.17, 15) is 4.79 Å². The molecule has 23 heavy (non-hydrogen) atoms. The SMILES string of the molecule is CC(C)C1=CNCC(C2(F)CCN(C(=O)OC(C)(C)C)CC2)=C1. The van der Waals surface area contributed by atoms with Crippen molar-refractivity contribution in [1.82, 2.24) is 10.2 Å². The number of carbonyl (C=O) groups excluding carboxylic acids is 1. The predicted octanol–water partition coefficient (Wildman–Crippen LogP) is 3.80. The fourth-order valence-electron chi connectivity index (χ4n) is 2.89. The fourth-order valence-corrected chi connectivity index (χ4v) is 2.89. The number of rotatable bonds is 2. The van der Waals surface area contributed by atoms with Gasteiger partial charge in [-0.2, -0.15) is 0 Å². The molecule has 0 aromatic rings. The number of carbonyl (C=O) groups is 1. The van der Waals surface area contributed by atoms with E-state index in [4.69, 9.17) is 4.74 Å². The molecule has 2 aliphatic rings. The van der Waals surface area contributed by atoms with Gasteiger partial charge in [-0.3, -0.25) is 0 Å². The van der Waals surface area contributed by atoms with E-state index in [1.54, 1.807) is 4.90 Å². The van der Waals surface area contributed by atoms with Crippen LogP contribution in [0.15, 0.2) is 23.4 Å². The van der Waals surface area contributed by atoms with E-state index in [1.807, 2.05) is 33.0 Å². The molecule has 0 bridgehead atoms. The Morgan fingerprint density at radius 1 is 1.35 bits per heavy atom. The van der Waals surface area contributed by atoms with Crippen LogP contribution in [0.4, 0.5) is 9.18 Å². The van der Waals surface area contributed by atoms with Gasteiger partial charge in [0.25, 0.3) is 0 Å². The number of amides is 1. The summed E-state index contributed by atoms with van der Waals surface area (Å²) >= 11 is 0. The molecule has 0 aromatic carbocycles. The largest absolute Gasteiger partial charge is 0.444 e. The summed E-state index contributed by atoms with van der Waals surface area (Å²) in [6.07, 6.45) is 4.26. The number of nitrogens with one attached hydrogen (secondary N) is 1. The molecule has 5 heteroatoms. The minimum Gasteiger partial charge on any atom is -0.444 e. The first-order chi connectivity index (χ1) is 10.6. The van der Waals surface area contributed by atoms with Crippen LogP contribution in [0, 0.1) is 5.92 Å². The summed E-state index contributed by atoms with van der Waals surface area (Å²) in [6.45, 7) is 11.0. The molecule has 2 aliphatic heterocycles. The maximum absolute atomic E-state index is 15.4. The highest BCUT2D eigenvalue weighted by molar-refractivity contribution is 5.68. The van der Waals surface area contributed by atoms with Crippen molar-refractivity contribution in [2.24, 2.45) is 5.92 Å². The number of piperidine rings is 1. The molecule has 1 fully saturated rings. The van der Waals surface area contributed by atoms with Crippen LogP contribution < -0.4 is 5.32 Å². The monoisotopic (exact) mass is 324 g/mol. The van der Waals surface area contributed by atoms with Crippen LogP contribution in [0.3, 0.4) is 0 Å². The first-order valence-corrected chi connectivity index (χ1v) is 8.42. The average Bonchev–Trinajstić information content (AvgIpc) is 2.46. The molecular formula is C18H29FN2O2. The summed E-state index contributed by atoms with van der Waals surface area (Å²) in [5.74, 6) is 0.364. The summed E-state index contributed by atoms with van der Waals surface area (Å²) in [5.41, 5.74) is 0.0685. The van der Waals surface area contributed by atoms with Crippen molar-refractivity contribution in [3.63, 3.8) is 0 Å². The maximum atomic E-state index is 15.4. The first-order valence-electron chi connectivity index (χ1n) is 8.42. The van der Waals surface area contributed by atoms with Gasteiger partial charge in [-0.1, -0.05) is 19.9 Å². The van der Waals surface area contributed by atoms with Crippen molar-refractivity contribution < 1.29 is 13.9 Å². The van der Waals surface area contributed by atoms with Crippen molar-refractivity contribution in [3.05, 3.63) is 23.4 Å². The van der Waals surface area contributed by atoms with Crippen molar-refractivity contribution in [2.75, 3.05) is 19.6 Å². The second kappa shape index (κ2) is 6.54. The van der Waals surface area contributed by atoms with Crippen LogP contribution in [-0.2, 0) is 4.74 Å². The molecule has 1 saturated heterocycles. The van der Waals surface area contributed by atoms with E-state index in [1.165, 1.54) is 0 Å². The van der Waals surface area contributed by atoms with Crippen molar-refractivity contribution in [1.29, 1.82) is 0 Å². The predicted molar refractivity (Wildman–Crippen MR) is 89.9 cm³/mol. The van der Waals surface area contributed by atoms with Gasteiger partial charge in [0.2, 0.25) is 0 Å². The number of halogens is 1. The van der Waals surface area contributed by atoms with Crippen molar-refractivity contribution in [3.8, 4) is 0 Å². The highest BCUT2D eigenvalue weighted by atomic mass is 19.1. The van der Waals surface area contributed by atoms with Crippen LogP contribution in [-0.4, -0.2) is 41.9 Å². The van der Waals surface area contributed by atoms with E-state index in [-0.39, 0.29) is 6.09 Å². The molecule has 0 aliphatic carbocycles. The van der Waals surface area contributed by atoms with Gasteiger partial charge < -0.3 is 15.0 Å². The second-order valence-corrected chi connectivity index (χ2v) is 7.78. The lowest BCUT2D eigenvalue weighted by atomic mass is 9.83. The minimum atomic E-state index is -1.33. The Morgan fingerprint density at radius 3 is 2.48 bits per heavy atom. The number of ether oxygens (including phenoxy) is 1. The molecule has 1 N–H and O–H groups in total. The van der Waals surface area contributed by atoms with Gasteiger partial charge in [0, 0.05) is 38.7 Å². The van der Waals surface area contributed by atoms with E-state index < -0.39 is 11.3 Å². The summed E-state index contributed by atoms with van der Waals surface area (Å²) in [5, 5.41) is 3.18. The number of allylic oxidation sites excluding steroid dienone is 2. The summed E-state index contributed by atoms with van der Waals surface area (Å²) in [4.78, 5) is 13.7. The lowest BCUT2D eigenvalue weighted by Crippen LogP contribution is -2.48. The molecule has 0 aromatic heterocycles. The number of alkyl halides is 1. The van der Waals surface area contributed by atoms with E-state index in [0.717, 1.165) is 11.1 Å². The Morgan fingerprint density at radius 2 is 1.96 bits per heavy atom. The van der Waals surface area contributed by atoms with Crippen LogP contribution in [0.25, 0.3) is 0 Å². The van der Waals surface area contributed by atoms with Crippen LogP contribution >= 0.6 is 0 Å². The lowest BCUT2D eigenvalue weighted by molar-refractivity contribution is 0.00899. The number of hydrogen-bond donors (Lipinski definition) is 1. The van der Waals surface area contributed by atoms with Crippen molar-refractivity contribution in [2.45, 2.75) is 58.7 Å². The van der Waals surface area contributed by atoms with E-state index >= 15 is 4.39 Å².